The fourth-order valence-corrected chi connectivity index (χ4v) is 1.89. The van der Waals surface area contributed by atoms with E-state index >= 15 is 0 Å². The van der Waals surface area contributed by atoms with Crippen LogP contribution in [0.4, 0.5) is 0 Å². The molecule has 1 aliphatic heterocycles. The van der Waals surface area contributed by atoms with Gasteiger partial charge in [0.2, 0.25) is 0 Å². The van der Waals surface area contributed by atoms with Gasteiger partial charge in [-0.25, -0.2) is 0 Å². The summed E-state index contributed by atoms with van der Waals surface area (Å²) < 4.78 is 31.0. The van der Waals surface area contributed by atoms with Gasteiger partial charge < -0.3 is 38.6 Å². The largest absolute Gasteiger partial charge is 0.394 e. The third-order valence-corrected chi connectivity index (χ3v) is 2.79. The molecule has 0 aromatic carbocycles. The number of aliphatic hydroxyl groups excluding tert-OH is 2. The van der Waals surface area contributed by atoms with Gasteiger partial charge >= 0.3 is 0 Å². The van der Waals surface area contributed by atoms with Crippen molar-refractivity contribution in [2.75, 3.05) is 41.5 Å². The Morgan fingerprint density at radius 2 is 1.58 bits per heavy atom. The highest BCUT2D eigenvalue weighted by Crippen LogP contribution is 2.26. The highest BCUT2D eigenvalue weighted by atomic mass is 16.7. The second-order valence-electron chi connectivity index (χ2n) is 4.03. The van der Waals surface area contributed by atoms with Crippen LogP contribution in [0.1, 0.15) is 0 Å². The first-order valence-corrected chi connectivity index (χ1v) is 5.87. The third-order valence-electron chi connectivity index (χ3n) is 2.79. The van der Waals surface area contributed by atoms with Crippen molar-refractivity contribution in [1.29, 1.82) is 0 Å². The third kappa shape index (κ3) is 4.33. The molecule has 1 fully saturated rings. The Kier molecular flexibility index (Phi) is 7.73. The highest BCUT2D eigenvalue weighted by molar-refractivity contribution is 4.91. The summed E-state index contributed by atoms with van der Waals surface area (Å²) >= 11 is 0. The molecule has 0 aromatic rings. The van der Waals surface area contributed by atoms with E-state index < -0.39 is 30.7 Å². The maximum Gasteiger partial charge on any atom is 0.186 e. The molecule has 1 heterocycles. The fraction of sp³-hybridized carbons (Fsp3) is 1.00. The highest BCUT2D eigenvalue weighted by Gasteiger charge is 2.47. The van der Waals surface area contributed by atoms with E-state index in [-0.39, 0.29) is 20.2 Å². The molecule has 0 amide bonds. The van der Waals surface area contributed by atoms with Gasteiger partial charge in [0.1, 0.15) is 38.0 Å². The van der Waals surface area contributed by atoms with Crippen molar-refractivity contribution in [1.82, 2.24) is 0 Å². The molecule has 1 saturated heterocycles. The van der Waals surface area contributed by atoms with Crippen LogP contribution in [-0.2, 0) is 28.4 Å². The van der Waals surface area contributed by atoms with Gasteiger partial charge in [-0.05, 0) is 0 Å². The molecule has 0 radical (unpaired) electrons. The summed E-state index contributed by atoms with van der Waals surface area (Å²) in [5.41, 5.74) is 0. The van der Waals surface area contributed by atoms with Crippen LogP contribution in [0, 0.1) is 0 Å². The zero-order chi connectivity index (χ0) is 14.3. The summed E-state index contributed by atoms with van der Waals surface area (Å²) in [6, 6.07) is 0. The van der Waals surface area contributed by atoms with Crippen LogP contribution in [0.25, 0.3) is 0 Å². The molecular formula is C11H22O8. The predicted molar refractivity (Wildman–Crippen MR) is 62.3 cm³/mol. The lowest BCUT2D eigenvalue weighted by Gasteiger charge is -2.42. The van der Waals surface area contributed by atoms with Gasteiger partial charge in [0.25, 0.3) is 0 Å². The molecule has 1 rings (SSSR count). The van der Waals surface area contributed by atoms with E-state index in [1.54, 1.807) is 0 Å². The van der Waals surface area contributed by atoms with Crippen LogP contribution >= 0.6 is 0 Å². The number of ether oxygens (including phenoxy) is 6. The van der Waals surface area contributed by atoms with E-state index in [9.17, 15) is 10.2 Å². The quantitative estimate of drug-likeness (QED) is 0.530. The summed E-state index contributed by atoms with van der Waals surface area (Å²) in [5.74, 6) is 0. The smallest absolute Gasteiger partial charge is 0.186 e. The Morgan fingerprint density at radius 1 is 1.00 bits per heavy atom. The van der Waals surface area contributed by atoms with Gasteiger partial charge in [-0.1, -0.05) is 0 Å². The van der Waals surface area contributed by atoms with Crippen LogP contribution in [0.3, 0.4) is 0 Å². The minimum atomic E-state index is -1.06. The van der Waals surface area contributed by atoms with Crippen LogP contribution in [0.5, 0.6) is 0 Å². The summed E-state index contributed by atoms with van der Waals surface area (Å²) in [6.45, 7) is -0.384. The van der Waals surface area contributed by atoms with Crippen molar-refractivity contribution in [2.45, 2.75) is 30.7 Å². The second kappa shape index (κ2) is 8.77. The summed E-state index contributed by atoms with van der Waals surface area (Å²) in [6.07, 6.45) is -4.11. The van der Waals surface area contributed by atoms with E-state index in [0.717, 1.165) is 0 Å². The normalized spacial score (nSPS) is 35.5. The van der Waals surface area contributed by atoms with Crippen LogP contribution in [-0.4, -0.2) is 82.4 Å². The average Bonchev–Trinajstić information content (AvgIpc) is 2.44. The number of aliphatic hydroxyl groups is 2. The SMILES string of the molecule is COCO[C@@H]1[C@@H](OC)O[C@H](CO)[C@@H](O)[C@@H]1OCOC. The zero-order valence-electron chi connectivity index (χ0n) is 11.4. The molecule has 0 aliphatic carbocycles. The molecule has 8 heteroatoms. The average molecular weight is 282 g/mol. The molecule has 0 spiro atoms. The van der Waals surface area contributed by atoms with Gasteiger partial charge in [0.15, 0.2) is 6.29 Å². The second-order valence-corrected chi connectivity index (χ2v) is 4.03. The molecule has 2 N–H and O–H groups in total. The predicted octanol–water partition coefficient (Wildman–Crippen LogP) is -1.31. The molecule has 0 bridgehead atoms. The van der Waals surface area contributed by atoms with E-state index in [1.807, 2.05) is 0 Å². The van der Waals surface area contributed by atoms with Gasteiger partial charge in [0.05, 0.1) is 6.61 Å². The monoisotopic (exact) mass is 282 g/mol. The minimum absolute atomic E-state index is 0.00274. The molecule has 19 heavy (non-hydrogen) atoms. The molecule has 5 atom stereocenters. The van der Waals surface area contributed by atoms with E-state index in [2.05, 4.69) is 0 Å². The van der Waals surface area contributed by atoms with Crippen molar-refractivity contribution in [2.24, 2.45) is 0 Å². The van der Waals surface area contributed by atoms with Crippen molar-refractivity contribution in [3.8, 4) is 0 Å². The molecular weight excluding hydrogens is 260 g/mol. The molecule has 0 unspecified atom stereocenters. The summed E-state index contributed by atoms with van der Waals surface area (Å²) in [5, 5.41) is 19.3. The number of methoxy groups -OCH3 is 3. The first kappa shape index (κ1) is 16.7. The standard InChI is InChI=1S/C11H22O8/c1-14-5-17-9-8(13)7(4-12)19-11(16-3)10(9)18-6-15-2/h7-13H,4-6H2,1-3H3/t7-,8-,9+,10+,11+/m1/s1. The Bertz CT molecular complexity index is 239. The Morgan fingerprint density at radius 3 is 2.05 bits per heavy atom. The fourth-order valence-electron chi connectivity index (χ4n) is 1.89. The van der Waals surface area contributed by atoms with Crippen LogP contribution in [0.2, 0.25) is 0 Å². The van der Waals surface area contributed by atoms with Gasteiger partial charge in [-0.15, -0.1) is 0 Å². The lowest BCUT2D eigenvalue weighted by molar-refractivity contribution is -0.325. The van der Waals surface area contributed by atoms with E-state index in [0.29, 0.717) is 0 Å². The summed E-state index contributed by atoms with van der Waals surface area (Å²) in [4.78, 5) is 0. The van der Waals surface area contributed by atoms with Gasteiger partial charge in [-0.3, -0.25) is 0 Å². The number of rotatable bonds is 8. The Hall–Kier alpha value is -0.320. The van der Waals surface area contributed by atoms with Crippen molar-refractivity contribution in [3.05, 3.63) is 0 Å². The summed E-state index contributed by atoms with van der Waals surface area (Å²) in [7, 11) is 4.38. The lowest BCUT2D eigenvalue weighted by atomic mass is 9.99. The van der Waals surface area contributed by atoms with E-state index in [1.165, 1.54) is 21.3 Å². The maximum atomic E-state index is 10.1. The number of hydrogen-bond acceptors (Lipinski definition) is 8. The molecule has 8 nitrogen and oxygen atoms in total. The first-order chi connectivity index (χ1) is 9.19. The zero-order valence-corrected chi connectivity index (χ0v) is 11.4. The molecule has 0 saturated carbocycles. The van der Waals surface area contributed by atoms with E-state index in [4.69, 9.17) is 28.4 Å². The lowest BCUT2D eigenvalue weighted by Crippen LogP contribution is -2.61. The Labute approximate surface area is 112 Å². The topological polar surface area (TPSA) is 95.8 Å². The van der Waals surface area contributed by atoms with Crippen LogP contribution < -0.4 is 0 Å². The first-order valence-electron chi connectivity index (χ1n) is 5.87. The molecule has 1 aliphatic rings. The van der Waals surface area contributed by atoms with Crippen molar-refractivity contribution >= 4 is 0 Å². The Balaban J connectivity index is 2.77. The minimum Gasteiger partial charge on any atom is -0.394 e. The number of hydrogen-bond donors (Lipinski definition) is 2. The van der Waals surface area contributed by atoms with Gasteiger partial charge in [-0.2, -0.15) is 0 Å². The van der Waals surface area contributed by atoms with Crippen molar-refractivity contribution < 1.29 is 38.6 Å². The van der Waals surface area contributed by atoms with Crippen LogP contribution in [0.15, 0.2) is 0 Å². The molecule has 114 valence electrons. The van der Waals surface area contributed by atoms with Gasteiger partial charge in [0, 0.05) is 21.3 Å². The maximum absolute atomic E-state index is 10.1. The van der Waals surface area contributed by atoms with Crippen molar-refractivity contribution in [3.63, 3.8) is 0 Å². The molecule has 0 aromatic heterocycles.